The summed E-state index contributed by atoms with van der Waals surface area (Å²) in [5.41, 5.74) is -1.42. The van der Waals surface area contributed by atoms with Gasteiger partial charge in [-0.1, -0.05) is 26.0 Å². The summed E-state index contributed by atoms with van der Waals surface area (Å²) in [5.74, 6) is -3.04. The second-order valence-electron chi connectivity index (χ2n) is 6.32. The number of hydrogen-bond donors (Lipinski definition) is 0. The first-order chi connectivity index (χ1) is 10.0. The molecule has 0 aromatic heterocycles. The lowest BCUT2D eigenvalue weighted by Crippen LogP contribution is -2.41. The van der Waals surface area contributed by atoms with Gasteiger partial charge in [0.05, 0.1) is 5.56 Å². The molecule has 1 aromatic carbocycles. The molecule has 3 nitrogen and oxygen atoms in total. The van der Waals surface area contributed by atoms with E-state index in [1.807, 2.05) is 0 Å². The summed E-state index contributed by atoms with van der Waals surface area (Å²) in [6, 6.07) is 3.56. The Kier molecular flexibility index (Phi) is 3.98. The van der Waals surface area contributed by atoms with Gasteiger partial charge in [-0.3, -0.25) is 14.4 Å². The number of alkyl halides is 3. The smallest absolute Gasteiger partial charge is 0.298 e. The molecule has 0 atom stereocenters. The maximum absolute atomic E-state index is 12.5. The molecule has 0 amide bonds. The minimum Gasteiger partial charge on any atom is -0.298 e. The number of halogens is 3. The van der Waals surface area contributed by atoms with Gasteiger partial charge in [-0.25, -0.2) is 0 Å². The van der Waals surface area contributed by atoms with E-state index in [4.69, 9.17) is 0 Å². The van der Waals surface area contributed by atoms with Crippen molar-refractivity contribution in [3.63, 3.8) is 0 Å². The van der Waals surface area contributed by atoms with Gasteiger partial charge < -0.3 is 0 Å². The fraction of sp³-hybridized carbons (Fsp3) is 0.438. The Balaban J connectivity index is 2.25. The molecule has 22 heavy (non-hydrogen) atoms. The number of carbonyl (C=O) groups is 3. The van der Waals surface area contributed by atoms with Crippen molar-refractivity contribution >= 4 is 17.3 Å². The molecule has 1 aliphatic carbocycles. The zero-order valence-corrected chi connectivity index (χ0v) is 12.2. The van der Waals surface area contributed by atoms with E-state index in [2.05, 4.69) is 0 Å². The highest BCUT2D eigenvalue weighted by molar-refractivity contribution is 6.25. The topological polar surface area (TPSA) is 51.2 Å². The number of carbonyl (C=O) groups excluding carboxylic acids is 3. The van der Waals surface area contributed by atoms with Crippen LogP contribution in [0, 0.1) is 11.3 Å². The van der Waals surface area contributed by atoms with E-state index < -0.39 is 40.4 Å². The first kappa shape index (κ1) is 16.4. The van der Waals surface area contributed by atoms with Crippen molar-refractivity contribution in [1.82, 2.24) is 0 Å². The Bertz CT molecular complexity index is 607. The predicted octanol–water partition coefficient (Wildman–Crippen LogP) is 3.46. The highest BCUT2D eigenvalue weighted by atomic mass is 19.4. The Morgan fingerprint density at radius 1 is 1.05 bits per heavy atom. The van der Waals surface area contributed by atoms with E-state index in [0.29, 0.717) is 0 Å². The van der Waals surface area contributed by atoms with E-state index in [9.17, 15) is 27.6 Å². The highest BCUT2D eigenvalue weighted by Crippen LogP contribution is 2.35. The van der Waals surface area contributed by atoms with Crippen LogP contribution in [0.5, 0.6) is 0 Å². The summed E-state index contributed by atoms with van der Waals surface area (Å²) in [4.78, 5) is 36.3. The van der Waals surface area contributed by atoms with Crippen molar-refractivity contribution in [2.75, 3.05) is 0 Å². The first-order valence-electron chi connectivity index (χ1n) is 6.78. The van der Waals surface area contributed by atoms with E-state index in [1.165, 1.54) is 0 Å². The number of hydrogen-bond acceptors (Lipinski definition) is 3. The van der Waals surface area contributed by atoms with Crippen LogP contribution in [0.1, 0.15) is 42.6 Å². The zero-order valence-electron chi connectivity index (χ0n) is 12.2. The minimum atomic E-state index is -4.50. The average molecular weight is 312 g/mol. The van der Waals surface area contributed by atoms with Crippen molar-refractivity contribution in [1.29, 1.82) is 0 Å². The van der Waals surface area contributed by atoms with Crippen LogP contribution in [0.25, 0.3) is 0 Å². The average Bonchev–Trinajstić information content (AvgIpc) is 2.35. The van der Waals surface area contributed by atoms with Crippen molar-refractivity contribution < 1.29 is 27.6 Å². The largest absolute Gasteiger partial charge is 0.416 e. The van der Waals surface area contributed by atoms with Gasteiger partial charge in [0.15, 0.2) is 17.3 Å². The quantitative estimate of drug-likeness (QED) is 0.621. The van der Waals surface area contributed by atoms with Gasteiger partial charge in [0.1, 0.15) is 5.92 Å². The third-order valence-electron chi connectivity index (χ3n) is 3.71. The SMILES string of the molecule is CC1(C)CC(=O)C(C(=O)c2ccc(C(F)(F)F)cc2)C(=O)C1. The standard InChI is InChI=1S/C16H15F3O3/c1-15(2)7-11(20)13(12(21)8-15)14(22)9-3-5-10(6-4-9)16(17,18)19/h3-6,13H,7-8H2,1-2H3. The molecule has 2 rings (SSSR count). The Morgan fingerprint density at radius 3 is 1.91 bits per heavy atom. The van der Waals surface area contributed by atoms with Gasteiger partial charge in [-0.2, -0.15) is 13.2 Å². The van der Waals surface area contributed by atoms with Crippen molar-refractivity contribution in [3.05, 3.63) is 35.4 Å². The van der Waals surface area contributed by atoms with Crippen molar-refractivity contribution in [2.24, 2.45) is 11.3 Å². The summed E-state index contributed by atoms with van der Waals surface area (Å²) >= 11 is 0. The van der Waals surface area contributed by atoms with E-state index in [-0.39, 0.29) is 18.4 Å². The van der Waals surface area contributed by atoms with Gasteiger partial charge in [0.25, 0.3) is 0 Å². The van der Waals surface area contributed by atoms with Crippen LogP contribution in [0.15, 0.2) is 24.3 Å². The van der Waals surface area contributed by atoms with Crippen LogP contribution in [0.2, 0.25) is 0 Å². The van der Waals surface area contributed by atoms with Crippen molar-refractivity contribution in [2.45, 2.75) is 32.9 Å². The molecule has 0 spiro atoms. The lowest BCUT2D eigenvalue weighted by Gasteiger charge is -2.31. The maximum atomic E-state index is 12.5. The molecule has 1 saturated carbocycles. The van der Waals surface area contributed by atoms with Gasteiger partial charge >= 0.3 is 6.18 Å². The van der Waals surface area contributed by atoms with Crippen LogP contribution < -0.4 is 0 Å². The molecule has 0 aliphatic heterocycles. The van der Waals surface area contributed by atoms with Crippen LogP contribution in [-0.2, 0) is 15.8 Å². The van der Waals surface area contributed by atoms with Crippen LogP contribution in [-0.4, -0.2) is 17.3 Å². The molecule has 0 unspecified atom stereocenters. The van der Waals surface area contributed by atoms with Crippen LogP contribution >= 0.6 is 0 Å². The van der Waals surface area contributed by atoms with Gasteiger partial charge in [0, 0.05) is 18.4 Å². The molecular formula is C16H15F3O3. The van der Waals surface area contributed by atoms with Crippen LogP contribution in [0.3, 0.4) is 0 Å². The molecule has 6 heteroatoms. The Labute approximate surface area is 125 Å². The third-order valence-corrected chi connectivity index (χ3v) is 3.71. The molecule has 118 valence electrons. The molecule has 0 radical (unpaired) electrons. The van der Waals surface area contributed by atoms with E-state index in [1.54, 1.807) is 13.8 Å². The Morgan fingerprint density at radius 2 is 1.50 bits per heavy atom. The fourth-order valence-corrected chi connectivity index (χ4v) is 2.67. The lowest BCUT2D eigenvalue weighted by molar-refractivity contribution is -0.138. The molecular weight excluding hydrogens is 297 g/mol. The van der Waals surface area contributed by atoms with Crippen molar-refractivity contribution in [3.8, 4) is 0 Å². The minimum absolute atomic E-state index is 0.0561. The summed E-state index contributed by atoms with van der Waals surface area (Å²) in [6.45, 7) is 3.53. The lowest BCUT2D eigenvalue weighted by atomic mass is 9.70. The molecule has 1 fully saturated rings. The second kappa shape index (κ2) is 5.34. The molecule has 1 aliphatic rings. The van der Waals surface area contributed by atoms with E-state index >= 15 is 0 Å². The summed E-state index contributed by atoms with van der Waals surface area (Å²) in [7, 11) is 0. The molecule has 0 bridgehead atoms. The normalized spacial score (nSPS) is 19.3. The Hall–Kier alpha value is -1.98. The molecule has 0 N–H and O–H groups in total. The molecule has 0 heterocycles. The maximum Gasteiger partial charge on any atom is 0.416 e. The van der Waals surface area contributed by atoms with Gasteiger partial charge in [-0.15, -0.1) is 0 Å². The summed E-state index contributed by atoms with van der Waals surface area (Å²) in [6.07, 6.45) is -4.28. The number of ketones is 3. The van der Waals surface area contributed by atoms with Gasteiger partial charge in [0.2, 0.25) is 0 Å². The number of Topliss-reactive ketones (excluding diaryl/α,β-unsaturated/α-hetero) is 3. The van der Waals surface area contributed by atoms with E-state index in [0.717, 1.165) is 24.3 Å². The second-order valence-corrected chi connectivity index (χ2v) is 6.32. The first-order valence-corrected chi connectivity index (χ1v) is 6.78. The molecule has 1 aromatic rings. The number of benzene rings is 1. The van der Waals surface area contributed by atoms with Crippen LogP contribution in [0.4, 0.5) is 13.2 Å². The molecule has 0 saturated heterocycles. The highest BCUT2D eigenvalue weighted by Gasteiger charge is 2.43. The summed E-state index contributed by atoms with van der Waals surface area (Å²) < 4.78 is 37.5. The fourth-order valence-electron chi connectivity index (χ4n) is 2.67. The monoisotopic (exact) mass is 312 g/mol. The van der Waals surface area contributed by atoms with Gasteiger partial charge in [-0.05, 0) is 17.5 Å². The third kappa shape index (κ3) is 3.26. The summed E-state index contributed by atoms with van der Waals surface area (Å²) in [5, 5.41) is 0. The number of rotatable bonds is 2. The predicted molar refractivity (Wildman–Crippen MR) is 72.3 cm³/mol. The zero-order chi connectivity index (χ0) is 16.7.